The topological polar surface area (TPSA) is 404 Å². The van der Waals surface area contributed by atoms with E-state index in [0.29, 0.717) is 6.42 Å². The number of fused-ring (bicyclic) bond motifs is 1. The molecule has 26 nitrogen and oxygen atoms in total. The molecular weight excluding hydrogens is 923 g/mol. The number of ether oxygens (including phenoxy) is 1. The number of amides is 2. The minimum atomic E-state index is -5.59. The van der Waals surface area contributed by atoms with Crippen molar-refractivity contribution in [3.05, 3.63) is 12.7 Å². The first-order valence-corrected chi connectivity index (χ1v) is 25.3. The van der Waals surface area contributed by atoms with E-state index in [0.717, 1.165) is 67.5 Å². The van der Waals surface area contributed by atoms with Gasteiger partial charge in [-0.2, -0.15) is 4.31 Å². The van der Waals surface area contributed by atoms with Gasteiger partial charge in [-0.05, 0) is 6.42 Å². The number of phosphoric ester groups is 3. The Morgan fingerprint density at radius 2 is 1.62 bits per heavy atom. The Morgan fingerprint density at radius 3 is 2.30 bits per heavy atom. The van der Waals surface area contributed by atoms with E-state index in [-0.39, 0.29) is 53.8 Å². The molecule has 1 aliphatic rings. The molecule has 2 aromatic rings. The Kier molecular flexibility index (Phi) is 21.6. The van der Waals surface area contributed by atoms with E-state index in [1.807, 2.05) is 0 Å². The van der Waals surface area contributed by atoms with Crippen LogP contribution in [0.25, 0.3) is 11.2 Å². The highest BCUT2D eigenvalue weighted by Gasteiger charge is 2.50. The lowest BCUT2D eigenvalue weighted by Crippen LogP contribution is -2.46. The molecule has 9 unspecified atom stereocenters. The van der Waals surface area contributed by atoms with Crippen LogP contribution in [-0.2, 0) is 50.7 Å². The molecule has 0 spiro atoms. The Bertz CT molecular complexity index is 1960. The largest absolute Gasteiger partial charge is 0.481 e. The molecule has 360 valence electrons. The van der Waals surface area contributed by atoms with Gasteiger partial charge in [0.05, 0.1) is 31.7 Å². The van der Waals surface area contributed by atoms with E-state index in [1.54, 1.807) is 0 Å². The van der Waals surface area contributed by atoms with Crippen LogP contribution in [0, 0.1) is 5.41 Å². The van der Waals surface area contributed by atoms with Crippen molar-refractivity contribution in [2.24, 2.45) is 5.41 Å². The number of carbonyl (C=O) groups excluding carboxylic acids is 3. The highest BCUT2D eigenvalue weighted by Crippen LogP contribution is 2.61. The first-order chi connectivity index (χ1) is 29.4. The van der Waals surface area contributed by atoms with Gasteiger partial charge in [0, 0.05) is 37.1 Å². The summed E-state index contributed by atoms with van der Waals surface area (Å²) in [4.78, 5) is 88.1. The molecule has 1 saturated heterocycles. The maximum Gasteiger partial charge on any atom is 0.481 e. The van der Waals surface area contributed by atoms with E-state index in [9.17, 15) is 68.1 Å². The monoisotopic (exact) mass is 981 g/mol. The van der Waals surface area contributed by atoms with Gasteiger partial charge in [-0.15, -0.1) is 0 Å². The molecule has 0 saturated carbocycles. The number of nitrogens with one attached hydrogen (secondary N) is 2. The summed E-state index contributed by atoms with van der Waals surface area (Å²) in [5.41, 5.74) is 4.22. The number of anilines is 1. The minimum Gasteiger partial charge on any atom is -0.390 e. The number of nitrogen functional groups attached to an aromatic ring is 1. The zero-order valence-corrected chi connectivity index (χ0v) is 38.3. The van der Waals surface area contributed by atoms with Gasteiger partial charge < -0.3 is 61.1 Å². The predicted octanol–water partition coefficient (Wildman–Crippen LogP) is 0.527. The Balaban J connectivity index is 1.40. The molecule has 2 aromatic heterocycles. The van der Waals surface area contributed by atoms with Crippen molar-refractivity contribution < 1.29 is 90.7 Å². The zero-order chi connectivity index (χ0) is 47.2. The lowest BCUT2D eigenvalue weighted by Gasteiger charge is -2.30. The minimum absolute atomic E-state index is 0.0222. The third-order valence-corrected chi connectivity index (χ3v) is 13.4. The number of nitrogens with two attached hydrogens (primary N) is 1. The molecule has 1 fully saturated rings. The molecular formula is C33H58N7O19P3S. The van der Waals surface area contributed by atoms with Gasteiger partial charge in [0.1, 0.15) is 36.3 Å². The second-order valence-corrected chi connectivity index (χ2v) is 20.6. The number of hydrogen-bond donors (Lipinski definition) is 11. The summed E-state index contributed by atoms with van der Waals surface area (Å²) < 4.78 is 62.2. The lowest BCUT2D eigenvalue weighted by molar-refractivity contribution is -0.137. The number of nitrogens with zero attached hydrogens (tertiary/aromatic N) is 4. The van der Waals surface area contributed by atoms with Crippen molar-refractivity contribution in [2.45, 2.75) is 121 Å². The quantitative estimate of drug-likeness (QED) is 0.0391. The number of carbonyl (C=O) groups is 3. The number of hydrogen-bond acceptors (Lipinski definition) is 20. The average molecular weight is 982 g/mol. The smallest absolute Gasteiger partial charge is 0.390 e. The summed E-state index contributed by atoms with van der Waals surface area (Å²) in [6.45, 7) is 2.37. The van der Waals surface area contributed by atoms with Crippen molar-refractivity contribution >= 4 is 69.1 Å². The molecule has 1 aliphatic heterocycles. The van der Waals surface area contributed by atoms with Crippen molar-refractivity contribution in [3.63, 3.8) is 0 Å². The molecule has 9 atom stereocenters. The molecule has 12 N–H and O–H groups in total. The Labute approximate surface area is 366 Å². The van der Waals surface area contributed by atoms with Crippen LogP contribution in [0.4, 0.5) is 5.82 Å². The third-order valence-electron chi connectivity index (χ3n) is 9.44. The molecule has 3 rings (SSSR count). The number of aliphatic hydroxyl groups is 4. The Hall–Kier alpha value is -2.52. The summed E-state index contributed by atoms with van der Waals surface area (Å²) in [5.74, 6) is -1.38. The number of thioether (sulfide) groups is 1. The molecule has 2 amide bonds. The second-order valence-electron chi connectivity index (χ2n) is 15.2. The fraction of sp³-hybridized carbons (Fsp3) is 0.758. The summed E-state index contributed by atoms with van der Waals surface area (Å²) in [6, 6.07) is 0. The molecule has 0 aliphatic carbocycles. The normalized spacial score (nSPS) is 21.6. The lowest BCUT2D eigenvalue weighted by atomic mass is 9.87. The van der Waals surface area contributed by atoms with Gasteiger partial charge in [0.15, 0.2) is 22.8 Å². The molecule has 0 radical (unpaired) electrons. The van der Waals surface area contributed by atoms with Crippen molar-refractivity contribution in [2.75, 3.05) is 37.8 Å². The maximum atomic E-state index is 12.7. The third kappa shape index (κ3) is 18.4. The summed E-state index contributed by atoms with van der Waals surface area (Å²) in [6.07, 6.45) is -2.96. The van der Waals surface area contributed by atoms with E-state index in [1.165, 1.54) is 13.8 Å². The number of imidazole rings is 1. The fourth-order valence-corrected chi connectivity index (χ4v) is 9.54. The standard InChI is InChI=1S/C33H58N7O19P3S/c1-4-5-6-7-8-9-10-20(41)21(42)15-24(44)63-14-13-35-23(43)11-12-36-31(47)28(46)33(2,3)17-56-62(53,54)59-61(51,52)55-16-22-27(58-60(48,49)50)26(45)32(57-22)40-19-39-25-29(34)37-18-38-30(25)40/h18-22,26-28,32,41-42,45-46H,4-17H2,1-3H3,(H,35,43)(H,36,47)(H,51,52)(H,53,54)(H2,34,37,38)(H2,48,49,50). The van der Waals surface area contributed by atoms with Gasteiger partial charge >= 0.3 is 23.5 Å². The van der Waals surface area contributed by atoms with Crippen LogP contribution in [0.3, 0.4) is 0 Å². The van der Waals surface area contributed by atoms with Crippen molar-refractivity contribution in [3.8, 4) is 0 Å². The van der Waals surface area contributed by atoms with Crippen molar-refractivity contribution in [1.82, 2.24) is 30.2 Å². The van der Waals surface area contributed by atoms with Crippen LogP contribution in [0.15, 0.2) is 12.7 Å². The van der Waals surface area contributed by atoms with Crippen LogP contribution in [-0.4, -0.2) is 145 Å². The van der Waals surface area contributed by atoms with Gasteiger partial charge in [0.2, 0.25) is 11.8 Å². The van der Waals surface area contributed by atoms with E-state index in [2.05, 4.69) is 41.3 Å². The first-order valence-electron chi connectivity index (χ1n) is 19.8. The number of phosphoric acid groups is 3. The second kappa shape index (κ2) is 24.8. The van der Waals surface area contributed by atoms with E-state index < -0.39 is 96.8 Å². The first kappa shape index (κ1) is 54.8. The van der Waals surface area contributed by atoms with Gasteiger partial charge in [-0.1, -0.05) is 71.1 Å². The summed E-state index contributed by atoms with van der Waals surface area (Å²) in [7, 11) is -16.5. The molecule has 0 bridgehead atoms. The fourth-order valence-electron chi connectivity index (χ4n) is 5.99. The van der Waals surface area contributed by atoms with Crippen LogP contribution in [0.2, 0.25) is 0 Å². The molecule has 63 heavy (non-hydrogen) atoms. The average Bonchev–Trinajstić information content (AvgIpc) is 3.75. The number of aromatic nitrogens is 4. The summed E-state index contributed by atoms with van der Waals surface area (Å²) >= 11 is 0.882. The van der Waals surface area contributed by atoms with Crippen LogP contribution in [0.5, 0.6) is 0 Å². The van der Waals surface area contributed by atoms with Crippen molar-refractivity contribution in [1.29, 1.82) is 0 Å². The zero-order valence-electron chi connectivity index (χ0n) is 34.8. The maximum absolute atomic E-state index is 12.7. The van der Waals surface area contributed by atoms with Gasteiger partial charge in [0.25, 0.3) is 0 Å². The summed E-state index contributed by atoms with van der Waals surface area (Å²) in [5, 5.41) is 46.3. The molecule has 30 heteroatoms. The van der Waals surface area contributed by atoms with E-state index >= 15 is 0 Å². The van der Waals surface area contributed by atoms with Crippen LogP contribution >= 0.6 is 35.2 Å². The predicted molar refractivity (Wildman–Crippen MR) is 222 cm³/mol. The SMILES string of the molecule is CCCCCCCCC(O)C(O)CC(=O)SCCNC(=O)CCNC(=O)C(O)C(C)(C)COP(=O)(O)OP(=O)(O)OCC1OC(n2cnc3c(N)ncnc32)C(O)C1OP(=O)(O)O. The van der Waals surface area contributed by atoms with Crippen LogP contribution < -0.4 is 16.4 Å². The Morgan fingerprint density at radius 1 is 0.952 bits per heavy atom. The molecule has 3 heterocycles. The van der Waals surface area contributed by atoms with Gasteiger partial charge in [-0.3, -0.25) is 32.5 Å². The number of rotatable bonds is 29. The van der Waals surface area contributed by atoms with E-state index in [4.69, 9.17) is 19.5 Å². The highest BCUT2D eigenvalue weighted by molar-refractivity contribution is 8.13. The highest BCUT2D eigenvalue weighted by atomic mass is 32.2. The van der Waals surface area contributed by atoms with Crippen LogP contribution in [0.1, 0.15) is 84.8 Å². The van der Waals surface area contributed by atoms with Gasteiger partial charge in [-0.25, -0.2) is 28.6 Å². The number of unbranched alkanes of at least 4 members (excludes halogenated alkanes) is 5. The number of aliphatic hydroxyl groups excluding tert-OH is 4. The molecule has 0 aromatic carbocycles.